The molecule has 2 atom stereocenters. The minimum absolute atomic E-state index is 0.0591. The van der Waals surface area contributed by atoms with Gasteiger partial charge in [0.1, 0.15) is 0 Å². The maximum atomic E-state index is 11.7. The molecular formula is C18H16Cl2N2OS. The van der Waals surface area contributed by atoms with Gasteiger partial charge in [0, 0.05) is 12.1 Å². The van der Waals surface area contributed by atoms with Crippen molar-refractivity contribution in [2.24, 2.45) is 4.99 Å². The fraction of sp³-hybridized carbons (Fsp3) is 0.278. The molecule has 1 fully saturated rings. The Labute approximate surface area is 155 Å². The molecule has 2 aromatic rings. The number of halogens is 2. The zero-order chi connectivity index (χ0) is 16.7. The molecule has 124 valence electrons. The summed E-state index contributed by atoms with van der Waals surface area (Å²) in [5, 5.41) is 13.5. The van der Waals surface area contributed by atoms with Crippen LogP contribution in [0.1, 0.15) is 11.1 Å². The highest BCUT2D eigenvalue weighted by Gasteiger charge is 2.53. The molecule has 0 aliphatic carbocycles. The minimum Gasteiger partial charge on any atom is -0.366 e. The van der Waals surface area contributed by atoms with Crippen LogP contribution >= 0.6 is 35.0 Å². The third-order valence-corrected chi connectivity index (χ3v) is 6.60. The average Bonchev–Trinajstić information content (AvgIpc) is 3.14. The second-order valence-corrected chi connectivity index (χ2v) is 7.95. The fourth-order valence-electron chi connectivity index (χ4n) is 3.31. The van der Waals surface area contributed by atoms with Crippen molar-refractivity contribution in [2.75, 3.05) is 13.1 Å². The van der Waals surface area contributed by atoms with E-state index in [2.05, 4.69) is 17.1 Å². The predicted molar refractivity (Wildman–Crippen MR) is 101 cm³/mol. The Morgan fingerprint density at radius 3 is 2.71 bits per heavy atom. The standard InChI is InChI=1S/C18H16Cl2N2OS/c19-14-7-6-13(11-15(14)20)18(23)16(10-12-4-2-1-3-5-12)24-17-21-8-9-22(17)18/h1-7,11,16,23H,8-10H2. The summed E-state index contributed by atoms with van der Waals surface area (Å²) < 4.78 is 0. The number of aliphatic hydroxyl groups is 1. The first-order valence-electron chi connectivity index (χ1n) is 7.79. The molecule has 2 aliphatic rings. The lowest BCUT2D eigenvalue weighted by molar-refractivity contribution is -0.0656. The van der Waals surface area contributed by atoms with Crippen LogP contribution in [0.25, 0.3) is 0 Å². The van der Waals surface area contributed by atoms with Crippen molar-refractivity contribution in [3.8, 4) is 0 Å². The predicted octanol–water partition coefficient (Wildman–Crippen LogP) is 4.17. The number of thioether (sulfide) groups is 1. The van der Waals surface area contributed by atoms with E-state index in [1.807, 2.05) is 29.2 Å². The fourth-order valence-corrected chi connectivity index (χ4v) is 5.09. The number of nitrogens with zero attached hydrogens (tertiary/aromatic N) is 2. The normalized spacial score (nSPS) is 25.7. The Balaban J connectivity index is 1.75. The molecule has 0 radical (unpaired) electrons. The largest absolute Gasteiger partial charge is 0.366 e. The summed E-state index contributed by atoms with van der Waals surface area (Å²) in [5.41, 5.74) is 0.817. The maximum absolute atomic E-state index is 11.7. The number of benzene rings is 2. The van der Waals surface area contributed by atoms with Crippen LogP contribution in [0.5, 0.6) is 0 Å². The van der Waals surface area contributed by atoms with E-state index in [4.69, 9.17) is 23.2 Å². The highest BCUT2D eigenvalue weighted by molar-refractivity contribution is 8.14. The number of hydrogen-bond donors (Lipinski definition) is 1. The maximum Gasteiger partial charge on any atom is 0.178 e. The lowest BCUT2D eigenvalue weighted by atomic mass is 9.93. The molecule has 4 rings (SSSR count). The van der Waals surface area contributed by atoms with Crippen molar-refractivity contribution in [1.29, 1.82) is 0 Å². The van der Waals surface area contributed by atoms with Gasteiger partial charge < -0.3 is 10.0 Å². The monoisotopic (exact) mass is 378 g/mol. The van der Waals surface area contributed by atoms with Crippen LogP contribution in [0, 0.1) is 0 Å². The van der Waals surface area contributed by atoms with Crippen molar-refractivity contribution in [3.05, 3.63) is 69.7 Å². The van der Waals surface area contributed by atoms with Crippen LogP contribution < -0.4 is 0 Å². The van der Waals surface area contributed by atoms with E-state index in [-0.39, 0.29) is 5.25 Å². The topological polar surface area (TPSA) is 35.8 Å². The molecule has 0 aromatic heterocycles. The Morgan fingerprint density at radius 2 is 1.96 bits per heavy atom. The summed E-state index contributed by atoms with van der Waals surface area (Å²) in [7, 11) is 0. The first kappa shape index (κ1) is 16.3. The van der Waals surface area contributed by atoms with Gasteiger partial charge in [0.15, 0.2) is 10.9 Å². The highest BCUT2D eigenvalue weighted by atomic mass is 35.5. The number of rotatable bonds is 3. The van der Waals surface area contributed by atoms with Gasteiger partial charge in [-0.15, -0.1) is 0 Å². The Bertz CT molecular complexity index is 799. The molecule has 2 heterocycles. The summed E-state index contributed by atoms with van der Waals surface area (Å²) in [6, 6.07) is 15.6. The summed E-state index contributed by atoms with van der Waals surface area (Å²) in [5.74, 6) is 0. The zero-order valence-corrected chi connectivity index (χ0v) is 15.2. The van der Waals surface area contributed by atoms with Gasteiger partial charge in [-0.1, -0.05) is 71.4 Å². The van der Waals surface area contributed by atoms with Crippen LogP contribution in [-0.4, -0.2) is 33.5 Å². The summed E-state index contributed by atoms with van der Waals surface area (Å²) >= 11 is 13.9. The number of aliphatic imine (C=N–C) groups is 1. The van der Waals surface area contributed by atoms with Gasteiger partial charge in [-0.05, 0) is 24.1 Å². The molecule has 0 amide bonds. The van der Waals surface area contributed by atoms with Gasteiger partial charge >= 0.3 is 0 Å². The first-order valence-corrected chi connectivity index (χ1v) is 9.43. The Hall–Kier alpha value is -1.20. The second kappa shape index (κ2) is 6.26. The van der Waals surface area contributed by atoms with E-state index >= 15 is 0 Å². The lowest BCUT2D eigenvalue weighted by Crippen LogP contribution is -2.48. The van der Waals surface area contributed by atoms with Crippen LogP contribution in [0.4, 0.5) is 0 Å². The lowest BCUT2D eigenvalue weighted by Gasteiger charge is -2.36. The Kier molecular flexibility index (Phi) is 4.25. The molecule has 2 unspecified atom stereocenters. The average molecular weight is 379 g/mol. The molecule has 0 spiro atoms. The molecule has 0 saturated carbocycles. The first-order chi connectivity index (χ1) is 11.6. The SMILES string of the molecule is OC1(c2ccc(Cl)c(Cl)c2)C(Cc2ccccc2)SC2=NCCN21. The van der Waals surface area contributed by atoms with Crippen LogP contribution in [0.15, 0.2) is 53.5 Å². The number of amidine groups is 1. The Morgan fingerprint density at radius 1 is 1.17 bits per heavy atom. The van der Waals surface area contributed by atoms with E-state index in [9.17, 15) is 5.11 Å². The van der Waals surface area contributed by atoms with Gasteiger partial charge in [0.25, 0.3) is 0 Å². The third-order valence-electron chi connectivity index (χ3n) is 4.52. The summed E-state index contributed by atoms with van der Waals surface area (Å²) in [6.45, 7) is 1.42. The summed E-state index contributed by atoms with van der Waals surface area (Å²) in [4.78, 5) is 6.53. The van der Waals surface area contributed by atoms with Gasteiger partial charge in [-0.25, -0.2) is 0 Å². The quantitative estimate of drug-likeness (QED) is 0.870. The van der Waals surface area contributed by atoms with E-state index in [0.29, 0.717) is 23.1 Å². The van der Waals surface area contributed by atoms with E-state index in [1.54, 1.807) is 23.9 Å². The third kappa shape index (κ3) is 2.62. The molecule has 3 nitrogen and oxygen atoms in total. The van der Waals surface area contributed by atoms with E-state index in [1.165, 1.54) is 5.56 Å². The molecule has 6 heteroatoms. The van der Waals surface area contributed by atoms with Crippen molar-refractivity contribution in [2.45, 2.75) is 17.4 Å². The molecule has 24 heavy (non-hydrogen) atoms. The molecular weight excluding hydrogens is 363 g/mol. The molecule has 1 saturated heterocycles. The van der Waals surface area contributed by atoms with Crippen molar-refractivity contribution < 1.29 is 5.11 Å². The second-order valence-electron chi connectivity index (χ2n) is 5.97. The van der Waals surface area contributed by atoms with Crippen LogP contribution in [-0.2, 0) is 12.1 Å². The van der Waals surface area contributed by atoms with E-state index < -0.39 is 5.72 Å². The van der Waals surface area contributed by atoms with Gasteiger partial charge in [0.2, 0.25) is 0 Å². The minimum atomic E-state index is -1.13. The number of hydrogen-bond acceptors (Lipinski definition) is 4. The molecule has 1 N–H and O–H groups in total. The number of fused-ring (bicyclic) bond motifs is 1. The van der Waals surface area contributed by atoms with Crippen molar-refractivity contribution in [1.82, 2.24) is 4.90 Å². The highest BCUT2D eigenvalue weighted by Crippen LogP contribution is 2.48. The smallest absolute Gasteiger partial charge is 0.178 e. The van der Waals surface area contributed by atoms with E-state index in [0.717, 1.165) is 17.2 Å². The van der Waals surface area contributed by atoms with Crippen molar-refractivity contribution in [3.63, 3.8) is 0 Å². The zero-order valence-electron chi connectivity index (χ0n) is 12.8. The van der Waals surface area contributed by atoms with Gasteiger partial charge in [-0.3, -0.25) is 4.99 Å². The van der Waals surface area contributed by atoms with Crippen LogP contribution in [0.2, 0.25) is 10.0 Å². The van der Waals surface area contributed by atoms with Gasteiger partial charge in [-0.2, -0.15) is 0 Å². The molecule has 2 aliphatic heterocycles. The van der Waals surface area contributed by atoms with Crippen molar-refractivity contribution >= 4 is 40.1 Å². The summed E-state index contributed by atoms with van der Waals surface area (Å²) in [6.07, 6.45) is 0.748. The molecule has 2 aromatic carbocycles. The molecule has 0 bridgehead atoms. The van der Waals surface area contributed by atoms with Gasteiger partial charge in [0.05, 0.1) is 21.8 Å². The van der Waals surface area contributed by atoms with Crippen LogP contribution in [0.3, 0.4) is 0 Å².